The van der Waals surface area contributed by atoms with Crippen LogP contribution < -0.4 is 15.4 Å². The molecule has 1 aromatic carbocycles. The Morgan fingerprint density at radius 3 is 3.00 bits per heavy atom. The Labute approximate surface area is 100 Å². The monoisotopic (exact) mass is 232 g/mol. The fourth-order valence-corrected chi connectivity index (χ4v) is 2.32. The van der Waals surface area contributed by atoms with Gasteiger partial charge < -0.3 is 10.5 Å². The van der Waals surface area contributed by atoms with Gasteiger partial charge in [0.2, 0.25) is 0 Å². The molecule has 1 saturated carbocycles. The summed E-state index contributed by atoms with van der Waals surface area (Å²) in [6.45, 7) is 1.44. The molecule has 2 aliphatic rings. The summed E-state index contributed by atoms with van der Waals surface area (Å²) >= 11 is 0. The highest BCUT2D eigenvalue weighted by atomic mass is 16.5. The number of nitrogens with zero attached hydrogens (tertiary/aromatic N) is 1. The molecule has 90 valence electrons. The van der Waals surface area contributed by atoms with Crippen molar-refractivity contribution in [2.24, 2.45) is 11.7 Å². The zero-order chi connectivity index (χ0) is 11.8. The summed E-state index contributed by atoms with van der Waals surface area (Å²) < 4.78 is 5.51. The Morgan fingerprint density at radius 2 is 2.29 bits per heavy atom. The molecule has 0 unspecified atom stereocenters. The number of ether oxygens (including phenoxy) is 1. The van der Waals surface area contributed by atoms with Crippen LogP contribution >= 0.6 is 0 Å². The summed E-state index contributed by atoms with van der Waals surface area (Å²) in [7, 11) is 0. The van der Waals surface area contributed by atoms with Gasteiger partial charge in [-0.15, -0.1) is 0 Å². The van der Waals surface area contributed by atoms with Gasteiger partial charge in [-0.3, -0.25) is 4.90 Å². The van der Waals surface area contributed by atoms with E-state index in [4.69, 9.17) is 10.5 Å². The lowest BCUT2D eigenvalue weighted by atomic mass is 10.1. The lowest BCUT2D eigenvalue weighted by Gasteiger charge is -2.22. The number of fused-ring (bicyclic) bond motifs is 1. The van der Waals surface area contributed by atoms with E-state index < -0.39 is 0 Å². The second kappa shape index (κ2) is 3.95. The molecule has 0 spiro atoms. The van der Waals surface area contributed by atoms with Crippen LogP contribution in [0.15, 0.2) is 18.2 Å². The van der Waals surface area contributed by atoms with Crippen LogP contribution in [-0.4, -0.2) is 19.2 Å². The zero-order valence-corrected chi connectivity index (χ0v) is 9.69. The number of primary amides is 1. The van der Waals surface area contributed by atoms with Crippen LogP contribution in [0.3, 0.4) is 0 Å². The number of hydrogen-bond donors (Lipinski definition) is 1. The Bertz CT molecular complexity index is 455. The number of rotatable bonds is 3. The summed E-state index contributed by atoms with van der Waals surface area (Å²) in [6.07, 6.45) is 3.27. The van der Waals surface area contributed by atoms with E-state index in [1.165, 1.54) is 12.8 Å². The van der Waals surface area contributed by atoms with E-state index >= 15 is 0 Å². The third kappa shape index (κ3) is 1.95. The van der Waals surface area contributed by atoms with Crippen LogP contribution in [0.1, 0.15) is 18.4 Å². The number of urea groups is 1. The quantitative estimate of drug-likeness (QED) is 0.865. The van der Waals surface area contributed by atoms with Crippen molar-refractivity contribution in [2.45, 2.75) is 19.3 Å². The molecule has 2 amide bonds. The molecular weight excluding hydrogens is 216 g/mol. The largest absolute Gasteiger partial charge is 0.493 e. The maximum absolute atomic E-state index is 11.6. The Morgan fingerprint density at radius 1 is 1.47 bits per heavy atom. The average molecular weight is 232 g/mol. The van der Waals surface area contributed by atoms with Crippen molar-refractivity contribution in [3.8, 4) is 5.75 Å². The standard InChI is InChI=1S/C13H16N2O2/c14-13(16)15(8-9-4-5-9)11-2-1-3-12-10(11)6-7-17-12/h1-3,9H,4-8H2,(H2,14,16). The number of benzene rings is 1. The number of nitrogens with two attached hydrogens (primary N) is 1. The van der Waals surface area contributed by atoms with Crippen molar-refractivity contribution in [3.05, 3.63) is 23.8 Å². The number of carbonyl (C=O) groups excluding carboxylic acids is 1. The van der Waals surface area contributed by atoms with Crippen molar-refractivity contribution < 1.29 is 9.53 Å². The van der Waals surface area contributed by atoms with Gasteiger partial charge in [-0.25, -0.2) is 4.79 Å². The molecule has 1 fully saturated rings. The first kappa shape index (κ1) is 10.4. The first-order chi connectivity index (χ1) is 8.25. The normalized spacial score (nSPS) is 17.4. The van der Waals surface area contributed by atoms with Crippen LogP contribution in [-0.2, 0) is 6.42 Å². The second-order valence-corrected chi connectivity index (χ2v) is 4.74. The van der Waals surface area contributed by atoms with Gasteiger partial charge in [0.05, 0.1) is 12.3 Å². The molecule has 4 heteroatoms. The third-order valence-electron chi connectivity index (χ3n) is 3.41. The molecule has 3 rings (SSSR count). The van der Waals surface area contributed by atoms with Gasteiger partial charge >= 0.3 is 6.03 Å². The van der Waals surface area contributed by atoms with Crippen LogP contribution in [0.2, 0.25) is 0 Å². The van der Waals surface area contributed by atoms with Crippen LogP contribution in [0, 0.1) is 5.92 Å². The molecule has 0 saturated heterocycles. The maximum atomic E-state index is 11.6. The summed E-state index contributed by atoms with van der Waals surface area (Å²) in [5.41, 5.74) is 7.53. The molecule has 1 aliphatic heterocycles. The first-order valence-corrected chi connectivity index (χ1v) is 6.07. The minimum atomic E-state index is -0.364. The number of anilines is 1. The molecular formula is C13H16N2O2. The second-order valence-electron chi connectivity index (χ2n) is 4.74. The van der Waals surface area contributed by atoms with Gasteiger partial charge in [0.15, 0.2) is 0 Å². The van der Waals surface area contributed by atoms with E-state index in [0.717, 1.165) is 30.0 Å². The summed E-state index contributed by atoms with van der Waals surface area (Å²) in [6, 6.07) is 5.46. The lowest BCUT2D eigenvalue weighted by Crippen LogP contribution is -2.37. The number of amides is 2. The van der Waals surface area contributed by atoms with Gasteiger partial charge in [0.25, 0.3) is 0 Å². The minimum absolute atomic E-state index is 0.364. The molecule has 0 bridgehead atoms. The Kier molecular flexibility index (Phi) is 2.42. The average Bonchev–Trinajstić information content (AvgIpc) is 3.00. The fraction of sp³-hybridized carbons (Fsp3) is 0.462. The summed E-state index contributed by atoms with van der Waals surface area (Å²) in [5, 5.41) is 0. The molecule has 1 aromatic rings. The van der Waals surface area contributed by atoms with Gasteiger partial charge in [0.1, 0.15) is 5.75 Å². The molecule has 4 nitrogen and oxygen atoms in total. The van der Waals surface area contributed by atoms with E-state index in [1.54, 1.807) is 4.90 Å². The van der Waals surface area contributed by atoms with Gasteiger partial charge in [-0.2, -0.15) is 0 Å². The highest BCUT2D eigenvalue weighted by Crippen LogP contribution is 2.37. The number of carbonyl (C=O) groups is 1. The Hall–Kier alpha value is -1.71. The summed E-state index contributed by atoms with van der Waals surface area (Å²) in [5.74, 6) is 1.52. The third-order valence-corrected chi connectivity index (χ3v) is 3.41. The lowest BCUT2D eigenvalue weighted by molar-refractivity contribution is 0.253. The van der Waals surface area contributed by atoms with Crippen molar-refractivity contribution in [2.75, 3.05) is 18.1 Å². The van der Waals surface area contributed by atoms with E-state index in [9.17, 15) is 4.79 Å². The van der Waals surface area contributed by atoms with Crippen LogP contribution in [0.25, 0.3) is 0 Å². The number of hydrogen-bond acceptors (Lipinski definition) is 2. The van der Waals surface area contributed by atoms with Crippen molar-refractivity contribution >= 4 is 11.7 Å². The zero-order valence-electron chi connectivity index (χ0n) is 9.69. The first-order valence-electron chi connectivity index (χ1n) is 6.07. The predicted molar refractivity (Wildman–Crippen MR) is 65.3 cm³/mol. The predicted octanol–water partition coefficient (Wildman–Crippen LogP) is 1.92. The Balaban J connectivity index is 1.94. The fourth-order valence-electron chi connectivity index (χ4n) is 2.32. The molecule has 0 atom stereocenters. The summed E-state index contributed by atoms with van der Waals surface area (Å²) in [4.78, 5) is 13.3. The highest BCUT2D eigenvalue weighted by molar-refractivity contribution is 5.92. The topological polar surface area (TPSA) is 55.6 Å². The minimum Gasteiger partial charge on any atom is -0.493 e. The van der Waals surface area contributed by atoms with Gasteiger partial charge in [-0.1, -0.05) is 6.07 Å². The van der Waals surface area contributed by atoms with E-state index in [2.05, 4.69) is 0 Å². The molecule has 2 N–H and O–H groups in total. The van der Waals surface area contributed by atoms with E-state index in [1.807, 2.05) is 18.2 Å². The maximum Gasteiger partial charge on any atom is 0.319 e. The smallest absolute Gasteiger partial charge is 0.319 e. The van der Waals surface area contributed by atoms with Crippen LogP contribution in [0.4, 0.5) is 10.5 Å². The van der Waals surface area contributed by atoms with Crippen molar-refractivity contribution in [3.63, 3.8) is 0 Å². The van der Waals surface area contributed by atoms with E-state index in [-0.39, 0.29) is 6.03 Å². The SMILES string of the molecule is NC(=O)N(CC1CC1)c1cccc2c1CCO2. The molecule has 17 heavy (non-hydrogen) atoms. The van der Waals surface area contributed by atoms with Crippen molar-refractivity contribution in [1.29, 1.82) is 0 Å². The molecule has 1 aliphatic carbocycles. The molecule has 0 radical (unpaired) electrons. The van der Waals surface area contributed by atoms with E-state index in [0.29, 0.717) is 12.5 Å². The highest BCUT2D eigenvalue weighted by Gasteiger charge is 2.29. The van der Waals surface area contributed by atoms with Crippen LogP contribution in [0.5, 0.6) is 5.75 Å². The van der Waals surface area contributed by atoms with Gasteiger partial charge in [0, 0.05) is 18.5 Å². The van der Waals surface area contributed by atoms with Crippen molar-refractivity contribution in [1.82, 2.24) is 0 Å². The molecule has 0 aromatic heterocycles. The van der Waals surface area contributed by atoms with Gasteiger partial charge in [-0.05, 0) is 30.9 Å². The molecule has 1 heterocycles.